The van der Waals surface area contributed by atoms with Gasteiger partial charge in [0, 0.05) is 6.54 Å². The van der Waals surface area contributed by atoms with Gasteiger partial charge in [0.25, 0.3) is 0 Å². The van der Waals surface area contributed by atoms with Crippen LogP contribution in [0.3, 0.4) is 0 Å². The van der Waals surface area contributed by atoms with Gasteiger partial charge < -0.3 is 11.1 Å². The fraction of sp³-hybridized carbons (Fsp3) is 0.417. The fourth-order valence-electron chi connectivity index (χ4n) is 1.26. The Bertz CT molecular complexity index is 413. The Morgan fingerprint density at radius 1 is 1.33 bits per heavy atom. The van der Waals surface area contributed by atoms with E-state index in [-0.39, 0.29) is 30.8 Å². The number of hydrogen-bond donors (Lipinski definition) is 2. The number of amides is 1. The highest BCUT2D eigenvalue weighted by molar-refractivity contribution is 5.85. The molecule has 1 amide bonds. The summed E-state index contributed by atoms with van der Waals surface area (Å²) in [5.74, 6) is -2.10. The Morgan fingerprint density at radius 2 is 1.94 bits per heavy atom. The lowest BCUT2D eigenvalue weighted by Crippen LogP contribution is -2.43. The van der Waals surface area contributed by atoms with Gasteiger partial charge in [0.05, 0.1) is 6.04 Å². The molecule has 0 unspecified atom stereocenters. The first-order valence-electron chi connectivity index (χ1n) is 5.39. The van der Waals surface area contributed by atoms with Crippen LogP contribution in [0.4, 0.5) is 8.78 Å². The first kappa shape index (κ1) is 16.8. The molecule has 18 heavy (non-hydrogen) atoms. The molecule has 0 heterocycles. The van der Waals surface area contributed by atoms with Gasteiger partial charge in [-0.2, -0.15) is 0 Å². The Balaban J connectivity index is 0.00000289. The zero-order chi connectivity index (χ0) is 13.0. The third-order valence-electron chi connectivity index (χ3n) is 2.47. The molecule has 102 valence electrons. The largest absolute Gasteiger partial charge is 0.351 e. The molecule has 0 aliphatic rings. The van der Waals surface area contributed by atoms with Gasteiger partial charge in [0.15, 0.2) is 11.6 Å². The predicted molar refractivity (Wildman–Crippen MR) is 68.3 cm³/mol. The van der Waals surface area contributed by atoms with Crippen molar-refractivity contribution in [2.75, 3.05) is 0 Å². The molecule has 1 aromatic rings. The number of nitrogens with one attached hydrogen (secondary N) is 1. The van der Waals surface area contributed by atoms with E-state index in [0.717, 1.165) is 12.1 Å². The number of hydrogen-bond acceptors (Lipinski definition) is 2. The molecule has 6 heteroatoms. The van der Waals surface area contributed by atoms with Crippen LogP contribution in [-0.4, -0.2) is 11.9 Å². The lowest BCUT2D eigenvalue weighted by Gasteiger charge is -2.15. The second-order valence-corrected chi connectivity index (χ2v) is 4.24. The zero-order valence-electron chi connectivity index (χ0n) is 10.2. The van der Waals surface area contributed by atoms with E-state index in [4.69, 9.17) is 5.73 Å². The van der Waals surface area contributed by atoms with Crippen LogP contribution >= 0.6 is 12.4 Å². The lowest BCUT2D eigenvalue weighted by atomic mass is 10.0. The molecule has 0 saturated carbocycles. The molecule has 1 atom stereocenters. The molecule has 0 saturated heterocycles. The first-order chi connectivity index (χ1) is 7.91. The molecule has 0 spiro atoms. The average Bonchev–Trinajstić information content (AvgIpc) is 2.29. The van der Waals surface area contributed by atoms with E-state index in [2.05, 4.69) is 5.32 Å². The van der Waals surface area contributed by atoms with Gasteiger partial charge in [-0.15, -0.1) is 12.4 Å². The molecule has 3 N–H and O–H groups in total. The number of nitrogens with two attached hydrogens (primary N) is 1. The summed E-state index contributed by atoms with van der Waals surface area (Å²) in [4.78, 5) is 11.5. The maximum atomic E-state index is 12.9. The summed E-state index contributed by atoms with van der Waals surface area (Å²) >= 11 is 0. The normalized spacial score (nSPS) is 11.9. The summed E-state index contributed by atoms with van der Waals surface area (Å²) in [6.45, 7) is 3.81. The second-order valence-electron chi connectivity index (χ2n) is 4.24. The highest BCUT2D eigenvalue weighted by Gasteiger charge is 2.16. The van der Waals surface area contributed by atoms with E-state index in [0.29, 0.717) is 5.56 Å². The van der Waals surface area contributed by atoms with Crippen LogP contribution in [0.25, 0.3) is 0 Å². The van der Waals surface area contributed by atoms with E-state index in [1.165, 1.54) is 6.07 Å². The summed E-state index contributed by atoms with van der Waals surface area (Å²) in [7, 11) is 0. The molecule has 0 bridgehead atoms. The van der Waals surface area contributed by atoms with E-state index in [9.17, 15) is 13.6 Å². The van der Waals surface area contributed by atoms with E-state index in [1.54, 1.807) is 0 Å². The number of carbonyl (C=O) groups is 1. The van der Waals surface area contributed by atoms with Crippen molar-refractivity contribution in [3.8, 4) is 0 Å². The highest BCUT2D eigenvalue weighted by atomic mass is 35.5. The van der Waals surface area contributed by atoms with Gasteiger partial charge in [-0.1, -0.05) is 19.9 Å². The van der Waals surface area contributed by atoms with Gasteiger partial charge in [0.2, 0.25) is 5.91 Å². The molecular formula is C12H17ClF2N2O. The van der Waals surface area contributed by atoms with E-state index >= 15 is 0 Å². The van der Waals surface area contributed by atoms with Gasteiger partial charge in [-0.05, 0) is 23.6 Å². The highest BCUT2D eigenvalue weighted by Crippen LogP contribution is 2.08. The maximum Gasteiger partial charge on any atom is 0.237 e. The Hall–Kier alpha value is -1.20. The number of benzene rings is 1. The molecule has 0 fully saturated rings. The molecule has 3 nitrogen and oxygen atoms in total. The van der Waals surface area contributed by atoms with Crippen molar-refractivity contribution in [2.24, 2.45) is 11.7 Å². The van der Waals surface area contributed by atoms with Crippen LogP contribution < -0.4 is 11.1 Å². The Morgan fingerprint density at radius 3 is 2.44 bits per heavy atom. The van der Waals surface area contributed by atoms with Crippen molar-refractivity contribution < 1.29 is 13.6 Å². The molecular weight excluding hydrogens is 262 g/mol. The smallest absolute Gasteiger partial charge is 0.237 e. The van der Waals surface area contributed by atoms with Crippen molar-refractivity contribution in [1.82, 2.24) is 5.32 Å². The van der Waals surface area contributed by atoms with Gasteiger partial charge >= 0.3 is 0 Å². The summed E-state index contributed by atoms with van der Waals surface area (Å²) in [6, 6.07) is 2.90. The Labute approximate surface area is 111 Å². The van der Waals surface area contributed by atoms with Crippen molar-refractivity contribution in [3.05, 3.63) is 35.4 Å². The van der Waals surface area contributed by atoms with Crippen LogP contribution in [-0.2, 0) is 11.3 Å². The standard InChI is InChI=1S/C12H16F2N2O.ClH/c1-7(2)11(15)12(17)16-6-8-3-4-9(13)10(14)5-8;/h3-5,7,11H,6,15H2,1-2H3,(H,16,17);1H/t11-;/m1./s1. The minimum absolute atomic E-state index is 0. The zero-order valence-corrected chi connectivity index (χ0v) is 11.1. The minimum Gasteiger partial charge on any atom is -0.351 e. The van der Waals surface area contributed by atoms with E-state index in [1.807, 2.05) is 13.8 Å². The molecule has 1 aromatic carbocycles. The molecule has 0 aliphatic heterocycles. The molecule has 0 aliphatic carbocycles. The predicted octanol–water partition coefficient (Wildman–Crippen LogP) is 1.99. The van der Waals surface area contributed by atoms with Crippen LogP contribution in [0.1, 0.15) is 19.4 Å². The van der Waals surface area contributed by atoms with Gasteiger partial charge in [-0.25, -0.2) is 8.78 Å². The van der Waals surface area contributed by atoms with Gasteiger partial charge in [0.1, 0.15) is 0 Å². The Kier molecular flexibility index (Phi) is 6.80. The molecule has 0 aromatic heterocycles. The summed E-state index contributed by atoms with van der Waals surface area (Å²) in [6.07, 6.45) is 0. The van der Waals surface area contributed by atoms with Crippen LogP contribution in [0.5, 0.6) is 0 Å². The maximum absolute atomic E-state index is 12.9. The quantitative estimate of drug-likeness (QED) is 0.885. The lowest BCUT2D eigenvalue weighted by molar-refractivity contribution is -0.123. The third-order valence-corrected chi connectivity index (χ3v) is 2.47. The van der Waals surface area contributed by atoms with Crippen molar-refractivity contribution >= 4 is 18.3 Å². The number of halogens is 3. The van der Waals surface area contributed by atoms with Crippen molar-refractivity contribution in [3.63, 3.8) is 0 Å². The van der Waals surface area contributed by atoms with Crippen LogP contribution in [0, 0.1) is 17.6 Å². The SMILES string of the molecule is CC(C)[C@@H](N)C(=O)NCc1ccc(F)c(F)c1.Cl. The molecule has 0 radical (unpaired) electrons. The average molecular weight is 279 g/mol. The van der Waals surface area contributed by atoms with Gasteiger partial charge in [-0.3, -0.25) is 4.79 Å². The summed E-state index contributed by atoms with van der Waals surface area (Å²) in [5, 5.41) is 2.57. The summed E-state index contributed by atoms with van der Waals surface area (Å²) in [5.41, 5.74) is 6.13. The third kappa shape index (κ3) is 4.58. The molecule has 1 rings (SSSR count). The van der Waals surface area contributed by atoms with E-state index < -0.39 is 17.7 Å². The second kappa shape index (κ2) is 7.28. The fourth-order valence-corrected chi connectivity index (χ4v) is 1.26. The topological polar surface area (TPSA) is 55.1 Å². The first-order valence-corrected chi connectivity index (χ1v) is 5.39. The van der Waals surface area contributed by atoms with Crippen molar-refractivity contribution in [1.29, 1.82) is 0 Å². The van der Waals surface area contributed by atoms with Crippen LogP contribution in [0.2, 0.25) is 0 Å². The number of rotatable bonds is 4. The number of carbonyl (C=O) groups excluding carboxylic acids is 1. The van der Waals surface area contributed by atoms with Crippen molar-refractivity contribution in [2.45, 2.75) is 26.4 Å². The summed E-state index contributed by atoms with van der Waals surface area (Å²) < 4.78 is 25.5. The monoisotopic (exact) mass is 278 g/mol. The minimum atomic E-state index is -0.926. The van der Waals surface area contributed by atoms with Crippen LogP contribution in [0.15, 0.2) is 18.2 Å².